The van der Waals surface area contributed by atoms with Crippen molar-refractivity contribution in [3.8, 4) is 0 Å². The van der Waals surface area contributed by atoms with Crippen LogP contribution in [0.5, 0.6) is 0 Å². The summed E-state index contributed by atoms with van der Waals surface area (Å²) in [5.41, 5.74) is 11.0. The van der Waals surface area contributed by atoms with Crippen molar-refractivity contribution in [3.63, 3.8) is 0 Å². The first-order valence-corrected chi connectivity index (χ1v) is 38.5. The molecule has 20 heteroatoms. The Bertz CT molecular complexity index is 3520. The van der Waals surface area contributed by atoms with Gasteiger partial charge in [0, 0.05) is 68.6 Å². The fourth-order valence-electron chi connectivity index (χ4n) is 13.4. The minimum atomic E-state index is -0.379. The number of rotatable bonds is 9. The molecule has 0 aromatic heterocycles. The van der Waals surface area contributed by atoms with Gasteiger partial charge in [0.05, 0.1) is 53.6 Å². The number of cyclic esters (lactones) is 3. The molecule has 104 heavy (non-hydrogen) atoms. The van der Waals surface area contributed by atoms with Crippen LogP contribution < -0.4 is 0 Å². The fraction of sp³-hybridized carbons (Fsp3) is 0.536. The molecule has 3 saturated heterocycles. The van der Waals surface area contributed by atoms with E-state index >= 15 is 0 Å². The highest BCUT2D eigenvalue weighted by Crippen LogP contribution is 2.32. The van der Waals surface area contributed by atoms with Gasteiger partial charge in [-0.3, -0.25) is 14.4 Å². The van der Waals surface area contributed by atoms with Crippen LogP contribution in [0.15, 0.2) is 113 Å². The van der Waals surface area contributed by atoms with Crippen molar-refractivity contribution < 1.29 is 57.5 Å². The Kier molecular flexibility index (Phi) is 35.7. The van der Waals surface area contributed by atoms with Crippen LogP contribution in [0.3, 0.4) is 0 Å². The number of ether oxygens (including phenoxy) is 3. The zero-order chi connectivity index (χ0) is 74.8. The van der Waals surface area contributed by atoms with Gasteiger partial charge in [-0.25, -0.2) is 14.4 Å². The van der Waals surface area contributed by atoms with E-state index in [1.807, 2.05) is 98.7 Å². The second-order valence-electron chi connectivity index (χ2n) is 28.4. The molecule has 6 heterocycles. The predicted octanol–water partition coefficient (Wildman–Crippen LogP) is 17.3. The number of aryl methyl sites for hydroxylation is 6. The Labute approximate surface area is 628 Å². The number of esters is 3. The molecule has 6 aliphatic heterocycles. The molecular formula is C84H112Cl2N6O12. The number of piperidine rings is 3. The molecule has 3 fully saturated rings. The number of hydrogen-bond acceptors (Lipinski definition) is 15. The number of likely N-dealkylation sites (tertiary alicyclic amines) is 3. The van der Waals surface area contributed by atoms with Crippen LogP contribution >= 0.6 is 23.2 Å². The van der Waals surface area contributed by atoms with Crippen LogP contribution in [-0.2, 0) is 62.4 Å². The number of hydrogen-bond donors (Lipinski definition) is 0. The third kappa shape index (κ3) is 27.8. The summed E-state index contributed by atoms with van der Waals surface area (Å²) < 4.78 is 16.8. The molecule has 0 N–H and O–H groups in total. The Morgan fingerprint density at radius 2 is 0.731 bits per heavy atom. The molecule has 3 aromatic rings. The lowest BCUT2D eigenvalue weighted by Gasteiger charge is -2.26. The Morgan fingerprint density at radius 3 is 1.08 bits per heavy atom. The first-order valence-electron chi connectivity index (χ1n) is 37.7. The third-order valence-corrected chi connectivity index (χ3v) is 20.1. The van der Waals surface area contributed by atoms with Crippen molar-refractivity contribution in [2.24, 2.45) is 33.2 Å². The average molecular weight is 1470 g/mol. The summed E-state index contributed by atoms with van der Waals surface area (Å²) in [7, 11) is 0. The van der Waals surface area contributed by atoms with Gasteiger partial charge in [0.25, 0.3) is 17.7 Å². The predicted molar refractivity (Wildman–Crippen MR) is 415 cm³/mol. The van der Waals surface area contributed by atoms with Crippen LogP contribution in [0.4, 0.5) is 0 Å². The molecule has 564 valence electrons. The summed E-state index contributed by atoms with van der Waals surface area (Å²) in [6, 6.07) is 7.82. The second kappa shape index (κ2) is 44.7. The van der Waals surface area contributed by atoms with Crippen molar-refractivity contribution in [1.29, 1.82) is 0 Å². The number of nitrogens with zero attached hydrogens (tertiary/aromatic N) is 6. The quantitative estimate of drug-likeness (QED) is 0.0849. The van der Waals surface area contributed by atoms with Crippen LogP contribution in [0.1, 0.15) is 217 Å². The van der Waals surface area contributed by atoms with Gasteiger partial charge in [-0.1, -0.05) is 144 Å². The van der Waals surface area contributed by atoms with E-state index in [0.29, 0.717) is 112 Å². The van der Waals surface area contributed by atoms with Gasteiger partial charge >= 0.3 is 17.9 Å². The number of allylic oxidation sites excluding steroid dienone is 12. The maximum absolute atomic E-state index is 13.0. The summed E-state index contributed by atoms with van der Waals surface area (Å²) in [5, 5.41) is 14.0. The highest BCUT2D eigenvalue weighted by atomic mass is 35.5. The van der Waals surface area contributed by atoms with E-state index in [2.05, 4.69) is 90.9 Å². The molecule has 9 rings (SSSR count). The van der Waals surface area contributed by atoms with E-state index in [4.69, 9.17) is 51.9 Å². The van der Waals surface area contributed by atoms with Crippen LogP contribution in [0.25, 0.3) is 0 Å². The maximum Gasteiger partial charge on any atom is 0.338 e. The fourth-order valence-corrected chi connectivity index (χ4v) is 13.8. The van der Waals surface area contributed by atoms with E-state index in [1.165, 1.54) is 6.42 Å². The van der Waals surface area contributed by atoms with Crippen molar-refractivity contribution >= 4 is 76.0 Å². The van der Waals surface area contributed by atoms with Crippen LogP contribution in [-0.4, -0.2) is 146 Å². The highest BCUT2D eigenvalue weighted by Gasteiger charge is 2.26. The normalized spacial score (nSPS) is 22.1. The molecule has 18 nitrogen and oxygen atoms in total. The van der Waals surface area contributed by atoms with Gasteiger partial charge in [0.15, 0.2) is 19.8 Å². The number of carbonyl (C=O) groups excluding carboxylic acids is 6. The van der Waals surface area contributed by atoms with E-state index in [-0.39, 0.29) is 55.5 Å². The van der Waals surface area contributed by atoms with Crippen molar-refractivity contribution in [2.45, 2.75) is 197 Å². The van der Waals surface area contributed by atoms with Gasteiger partial charge in [0.2, 0.25) is 0 Å². The standard InChI is InChI=1S/2C28H37ClN2O4.C28H38N2O4/c2*1-20-11-6-4-9-16-34-28(33)26-21(2)17-22(3)27(29)24(26)18-23(13-10-12-20)30-35-19-25(32)31-14-7-5-8-15-31;1-21-11-6-4-9-16-33-28(32)27-23(3)17-22(2)18-24(27)19-25(13-10-12-21)29-34-20-26(31)30-14-7-5-8-15-30/h2*6,10-11,13,17,20H,4-5,7-9,12,14-16,18-19H2,1-3H3;6,10-11,13,17-18,21H,4-5,7-9,12,14-16,19-20H2,1-3H3/b11-6?,13-10+,30-23+;11-6?,13-10+,30-23-;11-6?,13-10+,29-25+. The largest absolute Gasteiger partial charge is 0.462 e. The first-order chi connectivity index (χ1) is 50.2. The van der Waals surface area contributed by atoms with Crippen molar-refractivity contribution in [3.05, 3.63) is 174 Å². The lowest BCUT2D eigenvalue weighted by atomic mass is 9.94. The Morgan fingerprint density at radius 1 is 0.413 bits per heavy atom. The summed E-state index contributed by atoms with van der Waals surface area (Å²) >= 11 is 13.4. The molecule has 3 aromatic carbocycles. The smallest absolute Gasteiger partial charge is 0.338 e. The SMILES string of the molecule is Cc1cc(C)c2c(c1)CC(=N/OCC(=O)N1CCCCC1)/C=C/CC(C)C=CCCCOC2=O.Cc1cc(C)c2c(c1Cl)CC(=N/OCC(=O)N1CCCCC1)/C=C/CC(C)C=CCCCOC2=O.Cc1cc(C)c2c(c1Cl)CC(=N\OCC(=O)N1CCCCC1)/C=C/CC(C)C=CCCCOC2=O. The van der Waals surface area contributed by atoms with Crippen molar-refractivity contribution in [2.75, 3.05) is 78.9 Å². The molecule has 0 radical (unpaired) electrons. The maximum atomic E-state index is 13.0. The molecule has 0 saturated carbocycles. The van der Waals surface area contributed by atoms with E-state index in [9.17, 15) is 28.8 Å². The van der Waals surface area contributed by atoms with Gasteiger partial charge < -0.3 is 43.4 Å². The average Bonchev–Trinajstić information content (AvgIpc) is 0.824. The second-order valence-corrected chi connectivity index (χ2v) is 29.1. The van der Waals surface area contributed by atoms with Gasteiger partial charge in [-0.05, 0) is 238 Å². The highest BCUT2D eigenvalue weighted by molar-refractivity contribution is 6.33. The summed E-state index contributed by atoms with van der Waals surface area (Å²) in [6.45, 7) is 23.5. The van der Waals surface area contributed by atoms with E-state index in [1.54, 1.807) is 0 Å². The van der Waals surface area contributed by atoms with Crippen LogP contribution in [0, 0.1) is 59.3 Å². The Balaban J connectivity index is 0.000000218. The van der Waals surface area contributed by atoms with Crippen LogP contribution in [0.2, 0.25) is 10.0 Å². The summed E-state index contributed by atoms with van der Waals surface area (Å²) in [6.07, 6.45) is 43.1. The monoisotopic (exact) mass is 1470 g/mol. The number of oxime groups is 3. The van der Waals surface area contributed by atoms with E-state index in [0.717, 1.165) is 187 Å². The molecule has 3 atom stereocenters. The minimum absolute atomic E-state index is 0.0282. The number of fused-ring (bicyclic) bond motifs is 3. The van der Waals surface area contributed by atoms with Crippen molar-refractivity contribution in [1.82, 2.24) is 14.7 Å². The number of benzene rings is 3. The minimum Gasteiger partial charge on any atom is -0.462 e. The summed E-state index contributed by atoms with van der Waals surface area (Å²) in [4.78, 5) is 98.5. The lowest BCUT2D eigenvalue weighted by Crippen LogP contribution is -2.37. The molecule has 0 spiro atoms. The lowest BCUT2D eigenvalue weighted by molar-refractivity contribution is -0.137. The topological polar surface area (TPSA) is 205 Å². The van der Waals surface area contributed by atoms with Gasteiger partial charge in [-0.2, -0.15) is 0 Å². The molecule has 3 amide bonds. The first kappa shape index (κ1) is 83.2. The molecule has 0 bridgehead atoms. The zero-order valence-electron chi connectivity index (χ0n) is 63.1. The van der Waals surface area contributed by atoms with Gasteiger partial charge in [-0.15, -0.1) is 0 Å². The Hall–Kier alpha value is -8.09. The number of carbonyl (C=O) groups is 6. The van der Waals surface area contributed by atoms with E-state index < -0.39 is 0 Å². The number of halogens is 2. The molecule has 6 aliphatic rings. The summed E-state index contributed by atoms with van der Waals surface area (Å²) in [5.74, 6) is -0.0748. The molecular weight excluding hydrogens is 1360 g/mol. The zero-order valence-corrected chi connectivity index (χ0v) is 64.7. The number of amides is 3. The van der Waals surface area contributed by atoms with Gasteiger partial charge in [0.1, 0.15) is 0 Å². The third-order valence-electron chi connectivity index (χ3n) is 19.1. The molecule has 0 aliphatic carbocycles. The molecule has 3 unspecified atom stereocenters.